The van der Waals surface area contributed by atoms with Crippen LogP contribution >= 0.6 is 12.4 Å². The number of alkyl halides is 3. The molecule has 2 nitrogen and oxygen atoms in total. The van der Waals surface area contributed by atoms with Crippen molar-refractivity contribution < 1.29 is 22.7 Å². The number of rotatable bonds is 2. The molecule has 1 atom stereocenters. The van der Waals surface area contributed by atoms with Crippen molar-refractivity contribution >= 4 is 12.4 Å². The van der Waals surface area contributed by atoms with Crippen LogP contribution in [0.15, 0.2) is 12.1 Å². The second-order valence-corrected chi connectivity index (χ2v) is 4.22. The van der Waals surface area contributed by atoms with E-state index >= 15 is 0 Å². The molecule has 1 aromatic rings. The van der Waals surface area contributed by atoms with Crippen LogP contribution in [0.4, 0.5) is 17.6 Å². The molecule has 0 amide bonds. The molecule has 1 aromatic carbocycles. The third-order valence-corrected chi connectivity index (χ3v) is 2.94. The van der Waals surface area contributed by atoms with E-state index in [-0.39, 0.29) is 18.3 Å². The van der Waals surface area contributed by atoms with Gasteiger partial charge in [0.1, 0.15) is 0 Å². The second-order valence-electron chi connectivity index (χ2n) is 4.22. The van der Waals surface area contributed by atoms with E-state index in [2.05, 4.69) is 0 Å². The maximum absolute atomic E-state index is 13.1. The Balaban J connectivity index is 0.00000162. The fourth-order valence-electron chi connectivity index (χ4n) is 1.86. The van der Waals surface area contributed by atoms with Crippen LogP contribution in [0.5, 0.6) is 5.75 Å². The lowest BCUT2D eigenvalue weighted by Gasteiger charge is -2.19. The molecule has 1 aliphatic carbocycles. The van der Waals surface area contributed by atoms with Crippen molar-refractivity contribution in [2.45, 2.75) is 25.1 Å². The molecule has 0 unspecified atom stereocenters. The minimum absolute atomic E-state index is 0. The normalized spacial score (nSPS) is 17.2. The Kier molecular flexibility index (Phi) is 4.12. The molecular weight excluding hydrogens is 274 g/mol. The molecule has 1 aliphatic rings. The molecule has 0 aliphatic heterocycles. The van der Waals surface area contributed by atoms with Gasteiger partial charge < -0.3 is 10.8 Å². The van der Waals surface area contributed by atoms with Crippen LogP contribution in [0.1, 0.15) is 30.0 Å². The van der Waals surface area contributed by atoms with Crippen molar-refractivity contribution in [1.82, 2.24) is 0 Å². The Morgan fingerprint density at radius 2 is 1.83 bits per heavy atom. The third-order valence-electron chi connectivity index (χ3n) is 2.94. The van der Waals surface area contributed by atoms with Gasteiger partial charge in [-0.05, 0) is 30.9 Å². The first kappa shape index (κ1) is 15.0. The Labute approximate surface area is 107 Å². The average Bonchev–Trinajstić information content (AvgIpc) is 3.02. The van der Waals surface area contributed by atoms with Gasteiger partial charge in [-0.25, -0.2) is 4.39 Å². The number of nitrogens with two attached hydrogens (primary N) is 1. The van der Waals surface area contributed by atoms with Crippen molar-refractivity contribution in [3.8, 4) is 5.75 Å². The minimum atomic E-state index is -4.65. The van der Waals surface area contributed by atoms with E-state index in [4.69, 9.17) is 5.73 Å². The zero-order valence-electron chi connectivity index (χ0n) is 9.17. The van der Waals surface area contributed by atoms with Gasteiger partial charge in [0.15, 0.2) is 11.6 Å². The highest BCUT2D eigenvalue weighted by Gasteiger charge is 2.40. The lowest BCUT2D eigenvalue weighted by Crippen LogP contribution is -2.19. The van der Waals surface area contributed by atoms with Crippen LogP contribution in [-0.4, -0.2) is 5.11 Å². The Hall–Kier alpha value is -1.01. The summed E-state index contributed by atoms with van der Waals surface area (Å²) in [6.45, 7) is 0. The van der Waals surface area contributed by atoms with Gasteiger partial charge in [-0.1, -0.05) is 0 Å². The molecule has 3 N–H and O–H groups in total. The molecule has 1 saturated carbocycles. The van der Waals surface area contributed by atoms with Gasteiger partial charge in [0.2, 0.25) is 0 Å². The molecule has 2 rings (SSSR count). The summed E-state index contributed by atoms with van der Waals surface area (Å²) in [4.78, 5) is 0. The summed E-state index contributed by atoms with van der Waals surface area (Å²) >= 11 is 0. The van der Waals surface area contributed by atoms with Gasteiger partial charge >= 0.3 is 6.18 Å². The summed E-state index contributed by atoms with van der Waals surface area (Å²) in [5.74, 6) is -2.17. The Bertz CT molecular complexity index is 445. The van der Waals surface area contributed by atoms with Crippen molar-refractivity contribution in [3.05, 3.63) is 29.1 Å². The van der Waals surface area contributed by atoms with Crippen LogP contribution in [0, 0.1) is 11.7 Å². The molecule has 18 heavy (non-hydrogen) atoms. The molecular formula is C11H12ClF4NO. The summed E-state index contributed by atoms with van der Waals surface area (Å²) in [6, 6.07) is 0.246. The summed E-state index contributed by atoms with van der Waals surface area (Å²) in [5, 5.41) is 9.43. The lowest BCUT2D eigenvalue weighted by molar-refractivity contribution is -0.138. The minimum Gasteiger partial charge on any atom is -0.505 e. The van der Waals surface area contributed by atoms with Gasteiger partial charge in [-0.3, -0.25) is 0 Å². The summed E-state index contributed by atoms with van der Waals surface area (Å²) in [6.07, 6.45) is -3.24. The topological polar surface area (TPSA) is 46.2 Å². The van der Waals surface area contributed by atoms with Crippen LogP contribution in [0.3, 0.4) is 0 Å². The van der Waals surface area contributed by atoms with E-state index in [0.29, 0.717) is 25.0 Å². The number of aromatic hydroxyl groups is 1. The predicted molar refractivity (Wildman–Crippen MR) is 60.0 cm³/mol. The number of phenols is 1. The van der Waals surface area contributed by atoms with Crippen molar-refractivity contribution in [2.75, 3.05) is 0 Å². The summed E-state index contributed by atoms with van der Waals surface area (Å²) < 4.78 is 51.3. The van der Waals surface area contributed by atoms with Crippen molar-refractivity contribution in [3.63, 3.8) is 0 Å². The van der Waals surface area contributed by atoms with Crippen LogP contribution in [-0.2, 0) is 6.18 Å². The summed E-state index contributed by atoms with van der Waals surface area (Å²) in [7, 11) is 0. The molecule has 0 saturated heterocycles. The standard InChI is InChI=1S/C11H11F4NO.ClH/c12-7-4-3-6(11(13,14)15)8(10(7)17)9(16)5-1-2-5;/h3-5,9,17H,1-2,16H2;1H/t9-;/m1./s1. The van der Waals surface area contributed by atoms with Crippen LogP contribution in [0.2, 0.25) is 0 Å². The highest BCUT2D eigenvalue weighted by molar-refractivity contribution is 5.85. The maximum Gasteiger partial charge on any atom is 0.416 e. The van der Waals surface area contributed by atoms with Gasteiger partial charge in [0.05, 0.1) is 5.56 Å². The van der Waals surface area contributed by atoms with E-state index in [1.165, 1.54) is 0 Å². The lowest BCUT2D eigenvalue weighted by atomic mass is 9.96. The van der Waals surface area contributed by atoms with Gasteiger partial charge in [-0.2, -0.15) is 13.2 Å². The Morgan fingerprint density at radius 1 is 1.28 bits per heavy atom. The molecule has 7 heteroatoms. The zero-order valence-corrected chi connectivity index (χ0v) is 9.98. The molecule has 0 radical (unpaired) electrons. The SMILES string of the molecule is Cl.N[C@@H](c1c(C(F)(F)F)ccc(F)c1O)C1CC1. The van der Waals surface area contributed by atoms with Gasteiger partial charge in [0.25, 0.3) is 0 Å². The van der Waals surface area contributed by atoms with Gasteiger partial charge in [-0.15, -0.1) is 12.4 Å². The predicted octanol–water partition coefficient (Wildman–Crippen LogP) is 3.38. The van der Waals surface area contributed by atoms with Crippen molar-refractivity contribution in [1.29, 1.82) is 0 Å². The fourth-order valence-corrected chi connectivity index (χ4v) is 1.86. The van der Waals surface area contributed by atoms with Gasteiger partial charge in [0, 0.05) is 11.6 Å². The molecule has 0 aromatic heterocycles. The summed E-state index contributed by atoms with van der Waals surface area (Å²) in [5.41, 5.74) is 4.05. The van der Waals surface area contributed by atoms with Crippen molar-refractivity contribution in [2.24, 2.45) is 11.7 Å². The Morgan fingerprint density at radius 3 is 2.28 bits per heavy atom. The largest absolute Gasteiger partial charge is 0.505 e. The molecule has 102 valence electrons. The second kappa shape index (κ2) is 4.93. The van der Waals surface area contributed by atoms with E-state index in [1.807, 2.05) is 0 Å². The zero-order chi connectivity index (χ0) is 12.8. The molecule has 1 fully saturated rings. The monoisotopic (exact) mass is 285 g/mol. The van der Waals surface area contributed by atoms with Crippen LogP contribution < -0.4 is 5.73 Å². The third kappa shape index (κ3) is 2.70. The van der Waals surface area contributed by atoms with Crippen LogP contribution in [0.25, 0.3) is 0 Å². The number of hydrogen-bond donors (Lipinski definition) is 2. The van der Waals surface area contributed by atoms with E-state index in [0.717, 1.165) is 0 Å². The smallest absolute Gasteiger partial charge is 0.416 e. The first-order chi connectivity index (χ1) is 7.82. The van der Waals surface area contributed by atoms with E-state index in [9.17, 15) is 22.7 Å². The molecule has 0 bridgehead atoms. The number of halogens is 5. The molecule has 0 spiro atoms. The molecule has 0 heterocycles. The number of phenolic OH excluding ortho intramolecular Hbond substituents is 1. The number of hydrogen-bond acceptors (Lipinski definition) is 2. The van der Waals surface area contributed by atoms with E-state index < -0.39 is 34.9 Å². The maximum atomic E-state index is 13.1. The van der Waals surface area contributed by atoms with E-state index in [1.54, 1.807) is 0 Å². The quantitative estimate of drug-likeness (QED) is 0.818. The first-order valence-corrected chi connectivity index (χ1v) is 5.16. The highest BCUT2D eigenvalue weighted by atomic mass is 35.5. The fraction of sp³-hybridized carbons (Fsp3) is 0.455. The first-order valence-electron chi connectivity index (χ1n) is 5.16. The highest BCUT2D eigenvalue weighted by Crippen LogP contribution is 2.47. The average molecular weight is 286 g/mol. The number of benzene rings is 1.